The molecule has 1 heterocycles. The van der Waals surface area contributed by atoms with E-state index in [0.717, 1.165) is 13.0 Å². The molecule has 2 rings (SSSR count). The fraction of sp³-hybridized carbons (Fsp3) is 0.875. The lowest BCUT2D eigenvalue weighted by molar-refractivity contribution is -0.140. The van der Waals surface area contributed by atoms with Gasteiger partial charge in [-0.1, -0.05) is 6.42 Å². The molecule has 12 heavy (non-hydrogen) atoms. The molecule has 4 heteroatoms. The van der Waals surface area contributed by atoms with Crippen molar-refractivity contribution in [2.45, 2.75) is 25.3 Å². The second kappa shape index (κ2) is 3.62. The Morgan fingerprint density at radius 1 is 1.42 bits per heavy atom. The van der Waals surface area contributed by atoms with Gasteiger partial charge in [-0.15, -0.1) is 12.4 Å². The molecule has 2 aliphatic rings. The lowest BCUT2D eigenvalue weighted by atomic mass is 9.94. The van der Waals surface area contributed by atoms with E-state index < -0.39 is 5.97 Å². The van der Waals surface area contributed by atoms with Crippen LogP contribution in [0.4, 0.5) is 0 Å². The van der Waals surface area contributed by atoms with Crippen molar-refractivity contribution in [1.82, 2.24) is 5.32 Å². The molecule has 0 bridgehead atoms. The predicted octanol–water partition coefficient (Wildman–Crippen LogP) is 0.881. The van der Waals surface area contributed by atoms with E-state index in [0.29, 0.717) is 11.8 Å². The Morgan fingerprint density at radius 2 is 2.17 bits per heavy atom. The summed E-state index contributed by atoms with van der Waals surface area (Å²) >= 11 is 0. The first-order valence-electron chi connectivity index (χ1n) is 4.25. The van der Waals surface area contributed by atoms with Gasteiger partial charge in [-0.2, -0.15) is 0 Å². The van der Waals surface area contributed by atoms with E-state index in [1.165, 1.54) is 12.8 Å². The maximum absolute atomic E-state index is 10.7. The van der Waals surface area contributed by atoms with Crippen LogP contribution in [0.15, 0.2) is 0 Å². The van der Waals surface area contributed by atoms with Crippen molar-refractivity contribution >= 4 is 18.4 Å². The fourth-order valence-corrected chi connectivity index (χ4v) is 2.46. The summed E-state index contributed by atoms with van der Waals surface area (Å²) in [7, 11) is 0. The highest BCUT2D eigenvalue weighted by Gasteiger charge is 2.42. The molecule has 0 spiro atoms. The predicted molar refractivity (Wildman–Crippen MR) is 47.5 cm³/mol. The summed E-state index contributed by atoms with van der Waals surface area (Å²) in [5.74, 6) is 0.406. The van der Waals surface area contributed by atoms with E-state index in [-0.39, 0.29) is 18.4 Å². The second-order valence-corrected chi connectivity index (χ2v) is 3.58. The largest absolute Gasteiger partial charge is 0.480 e. The number of carboxylic acid groups (broad SMARTS) is 1. The molecule has 0 amide bonds. The first-order valence-corrected chi connectivity index (χ1v) is 4.25. The van der Waals surface area contributed by atoms with Crippen molar-refractivity contribution in [2.75, 3.05) is 6.54 Å². The first-order chi connectivity index (χ1) is 5.29. The van der Waals surface area contributed by atoms with E-state index >= 15 is 0 Å². The summed E-state index contributed by atoms with van der Waals surface area (Å²) in [6.07, 6.45) is 3.55. The smallest absolute Gasteiger partial charge is 0.320 e. The van der Waals surface area contributed by atoms with Crippen molar-refractivity contribution < 1.29 is 9.90 Å². The molecule has 3 nitrogen and oxygen atoms in total. The zero-order chi connectivity index (χ0) is 7.84. The van der Waals surface area contributed by atoms with Crippen LogP contribution in [0.25, 0.3) is 0 Å². The number of carbonyl (C=O) groups is 1. The van der Waals surface area contributed by atoms with Crippen LogP contribution in [-0.2, 0) is 4.79 Å². The molecule has 1 aliphatic carbocycles. The third-order valence-corrected chi connectivity index (χ3v) is 3.01. The number of rotatable bonds is 1. The van der Waals surface area contributed by atoms with Crippen molar-refractivity contribution in [3.8, 4) is 0 Å². The van der Waals surface area contributed by atoms with Gasteiger partial charge in [-0.25, -0.2) is 0 Å². The van der Waals surface area contributed by atoms with E-state index in [4.69, 9.17) is 5.11 Å². The molecule has 70 valence electrons. The minimum atomic E-state index is -0.667. The van der Waals surface area contributed by atoms with Gasteiger partial charge in [0.2, 0.25) is 0 Å². The summed E-state index contributed by atoms with van der Waals surface area (Å²) in [6.45, 7) is 0.918. The molecule has 0 radical (unpaired) electrons. The topological polar surface area (TPSA) is 49.3 Å². The van der Waals surface area contributed by atoms with Gasteiger partial charge in [0.05, 0.1) is 0 Å². The van der Waals surface area contributed by atoms with Crippen LogP contribution in [0.2, 0.25) is 0 Å². The first kappa shape index (κ1) is 9.81. The summed E-state index contributed by atoms with van der Waals surface area (Å²) in [5, 5.41) is 11.9. The van der Waals surface area contributed by atoms with E-state index in [9.17, 15) is 4.79 Å². The second-order valence-electron chi connectivity index (χ2n) is 3.58. The molecule has 0 aromatic rings. The summed E-state index contributed by atoms with van der Waals surface area (Å²) in [4.78, 5) is 10.7. The highest BCUT2D eigenvalue weighted by Crippen LogP contribution is 2.37. The molecule has 1 saturated heterocycles. The van der Waals surface area contributed by atoms with Crippen molar-refractivity contribution in [1.29, 1.82) is 0 Å². The minimum absolute atomic E-state index is 0. The van der Waals surface area contributed by atoms with Crippen LogP contribution >= 0.6 is 12.4 Å². The Morgan fingerprint density at radius 3 is 2.83 bits per heavy atom. The van der Waals surface area contributed by atoms with Crippen LogP contribution < -0.4 is 5.32 Å². The van der Waals surface area contributed by atoms with Crippen LogP contribution in [0, 0.1) is 11.8 Å². The van der Waals surface area contributed by atoms with Crippen molar-refractivity contribution in [3.63, 3.8) is 0 Å². The van der Waals surface area contributed by atoms with Crippen LogP contribution in [-0.4, -0.2) is 23.7 Å². The number of hydrogen-bond donors (Lipinski definition) is 2. The number of hydrogen-bond acceptors (Lipinski definition) is 2. The van der Waals surface area contributed by atoms with Gasteiger partial charge in [0.1, 0.15) is 6.04 Å². The fourth-order valence-electron chi connectivity index (χ4n) is 2.46. The van der Waals surface area contributed by atoms with Crippen LogP contribution in [0.5, 0.6) is 0 Å². The molecule has 3 atom stereocenters. The van der Waals surface area contributed by atoms with Crippen LogP contribution in [0.1, 0.15) is 19.3 Å². The van der Waals surface area contributed by atoms with Crippen LogP contribution in [0.3, 0.4) is 0 Å². The normalized spacial score (nSPS) is 38.8. The Bertz CT molecular complexity index is 186. The Hall–Kier alpha value is -0.280. The number of fused-ring (bicyclic) bond motifs is 1. The average molecular weight is 192 g/mol. The van der Waals surface area contributed by atoms with E-state index in [1.807, 2.05) is 0 Å². The van der Waals surface area contributed by atoms with Gasteiger partial charge < -0.3 is 10.4 Å². The number of carboxylic acids is 1. The maximum Gasteiger partial charge on any atom is 0.320 e. The van der Waals surface area contributed by atoms with Crippen molar-refractivity contribution in [3.05, 3.63) is 0 Å². The van der Waals surface area contributed by atoms with Gasteiger partial charge in [-0.3, -0.25) is 4.79 Å². The maximum atomic E-state index is 10.7. The molecule has 0 aromatic carbocycles. The monoisotopic (exact) mass is 191 g/mol. The van der Waals surface area contributed by atoms with Gasteiger partial charge in [0, 0.05) is 0 Å². The summed E-state index contributed by atoms with van der Waals surface area (Å²) in [6, 6.07) is -0.248. The number of halogens is 1. The number of nitrogens with one attached hydrogen (secondary N) is 1. The highest BCUT2D eigenvalue weighted by molar-refractivity contribution is 5.85. The van der Waals surface area contributed by atoms with E-state index in [1.54, 1.807) is 0 Å². The zero-order valence-electron chi connectivity index (χ0n) is 6.82. The highest BCUT2D eigenvalue weighted by atomic mass is 35.5. The third kappa shape index (κ3) is 1.43. The molecular weight excluding hydrogens is 178 g/mol. The van der Waals surface area contributed by atoms with E-state index in [2.05, 4.69) is 5.32 Å². The van der Waals surface area contributed by atoms with Gasteiger partial charge in [0.15, 0.2) is 0 Å². The lowest BCUT2D eigenvalue weighted by Crippen LogP contribution is -2.35. The number of aliphatic carboxylic acids is 1. The van der Waals surface area contributed by atoms with Crippen molar-refractivity contribution in [2.24, 2.45) is 11.8 Å². The zero-order valence-corrected chi connectivity index (χ0v) is 7.64. The lowest BCUT2D eigenvalue weighted by Gasteiger charge is -2.12. The molecule has 1 aliphatic heterocycles. The SMILES string of the molecule is Cl.O=C(O)[C@@H]1NC[C@H]2CCC[C@H]21. The minimum Gasteiger partial charge on any atom is -0.480 e. The summed E-state index contributed by atoms with van der Waals surface area (Å²) in [5.41, 5.74) is 0. The third-order valence-electron chi connectivity index (χ3n) is 3.01. The van der Waals surface area contributed by atoms with Gasteiger partial charge >= 0.3 is 5.97 Å². The average Bonchev–Trinajstić information content (AvgIpc) is 2.41. The Kier molecular flexibility index (Phi) is 2.96. The molecular formula is C8H14ClNO2. The molecule has 2 fully saturated rings. The molecule has 0 aromatic heterocycles. The quantitative estimate of drug-likeness (QED) is 0.647. The molecule has 1 saturated carbocycles. The summed E-state index contributed by atoms with van der Waals surface area (Å²) < 4.78 is 0. The Balaban J connectivity index is 0.000000720. The molecule has 0 unspecified atom stereocenters. The molecule has 2 N–H and O–H groups in total. The standard InChI is InChI=1S/C8H13NO2.ClH/c10-8(11)7-6-3-1-2-5(6)4-9-7;/h5-7,9H,1-4H2,(H,10,11);1H/t5-,6-,7-;/m1./s1. The van der Waals surface area contributed by atoms with Gasteiger partial charge in [-0.05, 0) is 31.2 Å². The van der Waals surface area contributed by atoms with Gasteiger partial charge in [0.25, 0.3) is 0 Å². The Labute approximate surface area is 77.9 Å².